The molecule has 0 atom stereocenters. The van der Waals surface area contributed by atoms with E-state index < -0.39 is 10.8 Å². The summed E-state index contributed by atoms with van der Waals surface area (Å²) in [5.41, 5.74) is 23.5. The number of anilines is 3. The fourth-order valence-corrected chi connectivity index (χ4v) is 14.0. The van der Waals surface area contributed by atoms with Gasteiger partial charge in [-0.25, -0.2) is 0 Å². The third-order valence-electron chi connectivity index (χ3n) is 16.5. The summed E-state index contributed by atoms with van der Waals surface area (Å²) in [4.78, 5) is 2.61. The summed E-state index contributed by atoms with van der Waals surface area (Å²) in [5, 5.41) is 7.60. The van der Waals surface area contributed by atoms with Gasteiger partial charge in [0.15, 0.2) is 0 Å². The van der Waals surface area contributed by atoms with Crippen LogP contribution in [0.5, 0.6) is 0 Å². The zero-order chi connectivity index (χ0) is 45.0. The number of hydrogen-bond acceptors (Lipinski definition) is 1. The molecule has 69 heavy (non-hydrogen) atoms. The molecular weight excluding hydrogens is 831 g/mol. The topological polar surface area (TPSA) is 3.24 Å². The van der Waals surface area contributed by atoms with Gasteiger partial charge in [0.2, 0.25) is 0 Å². The summed E-state index contributed by atoms with van der Waals surface area (Å²) < 4.78 is 0. The van der Waals surface area contributed by atoms with Crippen LogP contribution in [-0.4, -0.2) is 0 Å². The predicted octanol–water partition coefficient (Wildman–Crippen LogP) is 17.3. The molecule has 4 aliphatic carbocycles. The maximum Gasteiger partial charge on any atom is 0.0746 e. The lowest BCUT2D eigenvalue weighted by atomic mass is 9.69. The van der Waals surface area contributed by atoms with Crippen molar-refractivity contribution in [2.45, 2.75) is 10.8 Å². The summed E-state index contributed by atoms with van der Waals surface area (Å²) in [5.74, 6) is 0. The minimum absolute atomic E-state index is 0.487. The quantitative estimate of drug-likeness (QED) is 0.160. The first-order chi connectivity index (χ1) is 34.3. The van der Waals surface area contributed by atoms with E-state index in [0.29, 0.717) is 0 Å². The Morgan fingerprint density at radius 2 is 0.551 bits per heavy atom. The number of fused-ring (bicyclic) bond motifs is 26. The van der Waals surface area contributed by atoms with Crippen LogP contribution in [0.1, 0.15) is 44.5 Å². The minimum atomic E-state index is -0.550. The molecular formula is C68H41N. The maximum absolute atomic E-state index is 2.61. The Hall–Kier alpha value is -8.78. The molecule has 4 aliphatic rings. The molecule has 1 nitrogen and oxygen atoms in total. The van der Waals surface area contributed by atoms with Crippen LogP contribution in [0, 0.1) is 0 Å². The second kappa shape index (κ2) is 13.4. The molecule has 318 valence electrons. The Bertz CT molecular complexity index is 4070. The van der Waals surface area contributed by atoms with E-state index in [1.54, 1.807) is 0 Å². The van der Waals surface area contributed by atoms with Crippen LogP contribution < -0.4 is 4.90 Å². The highest BCUT2D eigenvalue weighted by atomic mass is 15.1. The summed E-state index contributed by atoms with van der Waals surface area (Å²) in [6.45, 7) is 0. The molecule has 0 amide bonds. The lowest BCUT2D eigenvalue weighted by Crippen LogP contribution is -2.28. The third kappa shape index (κ3) is 4.52. The summed E-state index contributed by atoms with van der Waals surface area (Å²) >= 11 is 0. The fourth-order valence-electron chi connectivity index (χ4n) is 14.0. The first kappa shape index (κ1) is 37.3. The summed E-state index contributed by atoms with van der Waals surface area (Å²) in [6, 6.07) is 94.5. The molecule has 12 aromatic carbocycles. The van der Waals surface area contributed by atoms with Crippen molar-refractivity contribution in [1.29, 1.82) is 0 Å². The molecule has 0 aliphatic heterocycles. The lowest BCUT2D eigenvalue weighted by molar-refractivity contribution is 0.790. The van der Waals surface area contributed by atoms with Gasteiger partial charge in [0.1, 0.15) is 0 Å². The largest absolute Gasteiger partial charge is 0.310 e. The van der Waals surface area contributed by atoms with Gasteiger partial charge in [-0.2, -0.15) is 0 Å². The van der Waals surface area contributed by atoms with Gasteiger partial charge in [0.25, 0.3) is 0 Å². The molecule has 0 fully saturated rings. The standard InChI is InChI=1S/C68H41N/c1-2-20-46-44(18-1)45-19-3-4-21-47(45)57-40-42(36-38-48(46)57)69(43-37-39-55-53-26-7-13-31-60(53)67(64(55)41-43)58-29-11-5-22-49(58)50-23-6-12-30-59(50)67)65-35-17-28-56-54-27-10-16-34-63(54)68(66(56)65)61-32-14-8-24-51(61)52-25-9-15-33-62(52)68/h1-41H. The maximum atomic E-state index is 2.61. The highest BCUT2D eigenvalue weighted by Gasteiger charge is 2.54. The molecule has 0 heterocycles. The molecule has 0 radical (unpaired) electrons. The van der Waals surface area contributed by atoms with E-state index in [4.69, 9.17) is 0 Å². The van der Waals surface area contributed by atoms with Gasteiger partial charge in [-0.15, -0.1) is 0 Å². The molecule has 2 spiro atoms. The number of hydrogen-bond donors (Lipinski definition) is 0. The van der Waals surface area contributed by atoms with Gasteiger partial charge in [-0.3, -0.25) is 0 Å². The normalized spacial score (nSPS) is 14.3. The lowest BCUT2D eigenvalue weighted by Gasteiger charge is -2.36. The first-order valence-electron chi connectivity index (χ1n) is 24.3. The van der Waals surface area contributed by atoms with Crippen molar-refractivity contribution in [3.8, 4) is 44.5 Å². The third-order valence-corrected chi connectivity index (χ3v) is 16.5. The van der Waals surface area contributed by atoms with Crippen molar-refractivity contribution in [2.75, 3.05) is 4.90 Å². The molecule has 0 saturated heterocycles. The Morgan fingerprint density at radius 1 is 0.217 bits per heavy atom. The van der Waals surface area contributed by atoms with E-state index in [-0.39, 0.29) is 0 Å². The molecule has 0 saturated carbocycles. The van der Waals surface area contributed by atoms with E-state index >= 15 is 0 Å². The van der Waals surface area contributed by atoms with Crippen LogP contribution in [0.25, 0.3) is 76.8 Å². The average Bonchev–Trinajstić information content (AvgIpc) is 4.10. The summed E-state index contributed by atoms with van der Waals surface area (Å²) in [7, 11) is 0. The summed E-state index contributed by atoms with van der Waals surface area (Å²) in [6.07, 6.45) is 0. The highest BCUT2D eigenvalue weighted by molar-refractivity contribution is 6.26. The average molecular weight is 872 g/mol. The van der Waals surface area contributed by atoms with Crippen LogP contribution in [0.2, 0.25) is 0 Å². The number of rotatable bonds is 3. The van der Waals surface area contributed by atoms with Gasteiger partial charge in [-0.05, 0) is 146 Å². The van der Waals surface area contributed by atoms with Gasteiger partial charge >= 0.3 is 0 Å². The van der Waals surface area contributed by atoms with E-state index in [9.17, 15) is 0 Å². The SMILES string of the molecule is c1ccc2c(c1)-c1ccccc1C21c2ccccc2-c2ccc(N(c3ccc4c5ccccc5c5ccccc5c4c3)c3cccc4c3C3(c5ccccc5-c5ccccc53)c3ccccc3-4)cc21. The van der Waals surface area contributed by atoms with Crippen molar-refractivity contribution in [3.05, 3.63) is 293 Å². The molecule has 0 unspecified atom stereocenters. The minimum Gasteiger partial charge on any atom is -0.310 e. The second-order valence-electron chi connectivity index (χ2n) is 19.4. The molecule has 12 aromatic rings. The first-order valence-corrected chi connectivity index (χ1v) is 24.3. The molecule has 0 bridgehead atoms. The van der Waals surface area contributed by atoms with Crippen molar-refractivity contribution in [3.63, 3.8) is 0 Å². The van der Waals surface area contributed by atoms with Gasteiger partial charge in [0.05, 0.1) is 16.5 Å². The van der Waals surface area contributed by atoms with Crippen molar-refractivity contribution in [2.24, 2.45) is 0 Å². The van der Waals surface area contributed by atoms with Gasteiger partial charge < -0.3 is 4.90 Å². The van der Waals surface area contributed by atoms with Crippen LogP contribution in [0.4, 0.5) is 17.1 Å². The van der Waals surface area contributed by atoms with E-state index in [0.717, 1.165) is 11.4 Å². The monoisotopic (exact) mass is 871 g/mol. The zero-order valence-electron chi connectivity index (χ0n) is 37.6. The van der Waals surface area contributed by atoms with Crippen LogP contribution in [-0.2, 0) is 10.8 Å². The van der Waals surface area contributed by atoms with Crippen LogP contribution in [0.15, 0.2) is 249 Å². The van der Waals surface area contributed by atoms with Crippen molar-refractivity contribution >= 4 is 49.4 Å². The van der Waals surface area contributed by atoms with Crippen LogP contribution in [0.3, 0.4) is 0 Å². The van der Waals surface area contributed by atoms with E-state index in [2.05, 4.69) is 254 Å². The Kier molecular flexibility index (Phi) is 7.27. The smallest absolute Gasteiger partial charge is 0.0746 e. The Balaban J connectivity index is 1.04. The highest BCUT2D eigenvalue weighted by Crippen LogP contribution is 2.67. The van der Waals surface area contributed by atoms with Gasteiger partial charge in [-0.1, -0.05) is 218 Å². The van der Waals surface area contributed by atoms with Crippen molar-refractivity contribution in [1.82, 2.24) is 0 Å². The Labute approximate surface area is 400 Å². The zero-order valence-corrected chi connectivity index (χ0v) is 37.6. The second-order valence-corrected chi connectivity index (χ2v) is 19.4. The molecule has 16 rings (SSSR count). The molecule has 1 heteroatoms. The predicted molar refractivity (Wildman–Crippen MR) is 286 cm³/mol. The molecule has 0 aromatic heterocycles. The van der Waals surface area contributed by atoms with Crippen LogP contribution >= 0.6 is 0 Å². The van der Waals surface area contributed by atoms with Gasteiger partial charge in [0, 0.05) is 16.9 Å². The van der Waals surface area contributed by atoms with Crippen molar-refractivity contribution < 1.29 is 0 Å². The molecule has 0 N–H and O–H groups in total. The fraction of sp³-hybridized carbons (Fsp3) is 0.0294. The number of benzene rings is 12. The van der Waals surface area contributed by atoms with E-state index in [1.165, 1.54) is 127 Å². The number of nitrogens with zero attached hydrogens (tertiary/aromatic N) is 1. The Morgan fingerprint density at radius 3 is 1.03 bits per heavy atom. The van der Waals surface area contributed by atoms with E-state index in [1.807, 2.05) is 0 Å².